The number of carboxylic acid groups (broad SMARTS) is 1. The molecule has 2 fully saturated rings. The van der Waals surface area contributed by atoms with Crippen LogP contribution in [-0.2, 0) is 11.3 Å². The van der Waals surface area contributed by atoms with Crippen molar-refractivity contribution in [2.45, 2.75) is 25.8 Å². The minimum atomic E-state index is -0.602. The SMILES string of the molecule is O=C(O)[C@@]12CCC[C@H]1CN(Cc1csc(-c3ccsc3)n1)C2. The lowest BCUT2D eigenvalue weighted by Gasteiger charge is -2.23. The molecular weight excluding hydrogens is 316 g/mol. The summed E-state index contributed by atoms with van der Waals surface area (Å²) in [7, 11) is 0. The average Bonchev–Trinajstić information content (AvgIpc) is 3.22. The van der Waals surface area contributed by atoms with E-state index < -0.39 is 11.4 Å². The van der Waals surface area contributed by atoms with Crippen LogP contribution in [0.15, 0.2) is 22.2 Å². The van der Waals surface area contributed by atoms with E-state index in [2.05, 4.69) is 27.1 Å². The van der Waals surface area contributed by atoms with Gasteiger partial charge in [0.1, 0.15) is 5.01 Å². The van der Waals surface area contributed by atoms with Crippen molar-refractivity contribution in [1.82, 2.24) is 9.88 Å². The number of thiophene rings is 1. The first-order chi connectivity index (χ1) is 10.7. The number of nitrogens with zero attached hydrogens (tertiary/aromatic N) is 2. The molecule has 4 nitrogen and oxygen atoms in total. The third kappa shape index (κ3) is 2.30. The quantitative estimate of drug-likeness (QED) is 0.929. The molecular formula is C16H18N2O2S2. The molecule has 2 atom stereocenters. The Morgan fingerprint density at radius 3 is 3.14 bits per heavy atom. The molecule has 1 saturated carbocycles. The number of likely N-dealkylation sites (tertiary alicyclic amines) is 1. The van der Waals surface area contributed by atoms with Crippen LogP contribution >= 0.6 is 22.7 Å². The van der Waals surface area contributed by atoms with Gasteiger partial charge < -0.3 is 5.11 Å². The highest BCUT2D eigenvalue weighted by Gasteiger charge is 2.54. The number of carbonyl (C=O) groups is 1. The summed E-state index contributed by atoms with van der Waals surface area (Å²) in [5.41, 5.74) is 1.75. The molecule has 0 radical (unpaired) electrons. The highest BCUT2D eigenvalue weighted by Crippen LogP contribution is 2.49. The summed E-state index contributed by atoms with van der Waals surface area (Å²) in [6, 6.07) is 2.09. The van der Waals surface area contributed by atoms with Crippen molar-refractivity contribution in [2.24, 2.45) is 11.3 Å². The largest absolute Gasteiger partial charge is 0.481 e. The molecule has 2 aromatic heterocycles. The van der Waals surface area contributed by atoms with Gasteiger partial charge in [-0.05, 0) is 30.2 Å². The van der Waals surface area contributed by atoms with Crippen LogP contribution in [0.25, 0.3) is 10.6 Å². The topological polar surface area (TPSA) is 53.4 Å². The number of aliphatic carboxylic acids is 1. The van der Waals surface area contributed by atoms with E-state index in [0.717, 1.165) is 43.1 Å². The van der Waals surface area contributed by atoms with Crippen LogP contribution in [0.4, 0.5) is 0 Å². The van der Waals surface area contributed by atoms with Crippen molar-refractivity contribution in [2.75, 3.05) is 13.1 Å². The highest BCUT2D eigenvalue weighted by molar-refractivity contribution is 7.14. The molecule has 2 aliphatic rings. The lowest BCUT2D eigenvalue weighted by atomic mass is 9.81. The highest BCUT2D eigenvalue weighted by atomic mass is 32.1. The lowest BCUT2D eigenvalue weighted by molar-refractivity contribution is -0.149. The number of thiazole rings is 1. The standard InChI is InChI=1S/C16H18N2O2S2/c19-15(20)16-4-1-2-12(16)6-18(10-16)7-13-9-22-14(17-13)11-3-5-21-8-11/h3,5,8-9,12H,1-2,4,6-7,10H2,(H,19,20)/t12-,16+/m0/s1. The molecule has 1 aliphatic carbocycles. The first kappa shape index (κ1) is 14.4. The fraction of sp³-hybridized carbons (Fsp3) is 0.500. The Morgan fingerprint density at radius 1 is 1.50 bits per heavy atom. The van der Waals surface area contributed by atoms with Gasteiger partial charge in [0.15, 0.2) is 0 Å². The van der Waals surface area contributed by atoms with Crippen molar-refractivity contribution in [3.63, 3.8) is 0 Å². The van der Waals surface area contributed by atoms with Crippen molar-refractivity contribution < 1.29 is 9.90 Å². The summed E-state index contributed by atoms with van der Waals surface area (Å²) < 4.78 is 0. The summed E-state index contributed by atoms with van der Waals surface area (Å²) in [6.45, 7) is 2.35. The molecule has 2 aromatic rings. The van der Waals surface area contributed by atoms with Crippen molar-refractivity contribution in [3.8, 4) is 10.6 Å². The third-order valence-electron chi connectivity index (χ3n) is 5.07. The Hall–Kier alpha value is -1.24. The number of rotatable bonds is 4. The number of hydrogen-bond donors (Lipinski definition) is 1. The number of hydrogen-bond acceptors (Lipinski definition) is 5. The maximum Gasteiger partial charge on any atom is 0.311 e. The van der Waals surface area contributed by atoms with Gasteiger partial charge in [0.25, 0.3) is 0 Å². The van der Waals surface area contributed by atoms with Gasteiger partial charge in [-0.1, -0.05) is 6.42 Å². The fourth-order valence-corrected chi connectivity index (χ4v) is 5.51. The van der Waals surface area contributed by atoms with Crippen LogP contribution in [0.3, 0.4) is 0 Å². The van der Waals surface area contributed by atoms with Gasteiger partial charge in [-0.3, -0.25) is 9.69 Å². The average molecular weight is 334 g/mol. The molecule has 0 bridgehead atoms. The fourth-order valence-electron chi connectivity index (χ4n) is 3.99. The Balaban J connectivity index is 1.48. The molecule has 0 spiro atoms. The monoisotopic (exact) mass is 334 g/mol. The molecule has 1 saturated heterocycles. The summed E-state index contributed by atoms with van der Waals surface area (Å²) in [4.78, 5) is 18.7. The molecule has 6 heteroatoms. The maximum absolute atomic E-state index is 11.7. The van der Waals surface area contributed by atoms with E-state index in [1.165, 1.54) is 5.56 Å². The molecule has 116 valence electrons. The Morgan fingerprint density at radius 2 is 2.41 bits per heavy atom. The number of fused-ring (bicyclic) bond motifs is 1. The molecule has 0 unspecified atom stereocenters. The van der Waals surface area contributed by atoms with E-state index in [1.807, 2.05) is 0 Å². The van der Waals surface area contributed by atoms with Crippen LogP contribution in [0, 0.1) is 11.3 Å². The Bertz CT molecular complexity index is 682. The summed E-state index contributed by atoms with van der Waals surface area (Å²) >= 11 is 3.35. The zero-order chi connectivity index (χ0) is 15.2. The molecule has 3 heterocycles. The predicted molar refractivity (Wildman–Crippen MR) is 88.1 cm³/mol. The molecule has 1 N–H and O–H groups in total. The second-order valence-electron chi connectivity index (χ2n) is 6.38. The van der Waals surface area contributed by atoms with E-state index in [0.29, 0.717) is 12.5 Å². The first-order valence-electron chi connectivity index (χ1n) is 7.60. The zero-order valence-corrected chi connectivity index (χ0v) is 13.8. The molecule has 0 aromatic carbocycles. The number of carboxylic acids is 1. The van der Waals surface area contributed by atoms with Gasteiger partial charge in [0.2, 0.25) is 0 Å². The zero-order valence-electron chi connectivity index (χ0n) is 12.2. The van der Waals surface area contributed by atoms with E-state index in [4.69, 9.17) is 4.98 Å². The van der Waals surface area contributed by atoms with Gasteiger partial charge in [0.05, 0.1) is 11.1 Å². The summed E-state index contributed by atoms with van der Waals surface area (Å²) in [6.07, 6.45) is 2.95. The van der Waals surface area contributed by atoms with Gasteiger partial charge >= 0.3 is 5.97 Å². The minimum Gasteiger partial charge on any atom is -0.481 e. The summed E-state index contributed by atoms with van der Waals surface area (Å²) in [5.74, 6) is -0.283. The smallest absolute Gasteiger partial charge is 0.311 e. The third-order valence-corrected chi connectivity index (χ3v) is 6.70. The molecule has 0 amide bonds. The maximum atomic E-state index is 11.7. The van der Waals surface area contributed by atoms with E-state index in [-0.39, 0.29) is 0 Å². The van der Waals surface area contributed by atoms with Crippen molar-refractivity contribution in [1.29, 1.82) is 0 Å². The van der Waals surface area contributed by atoms with Crippen LogP contribution in [0.1, 0.15) is 25.0 Å². The van der Waals surface area contributed by atoms with Crippen LogP contribution < -0.4 is 0 Å². The van der Waals surface area contributed by atoms with Crippen LogP contribution in [0.2, 0.25) is 0 Å². The first-order valence-corrected chi connectivity index (χ1v) is 9.42. The molecule has 22 heavy (non-hydrogen) atoms. The summed E-state index contributed by atoms with van der Waals surface area (Å²) in [5, 5.41) is 17.0. The Kier molecular flexibility index (Phi) is 3.55. The minimum absolute atomic E-state index is 0.319. The van der Waals surface area contributed by atoms with Crippen LogP contribution in [0.5, 0.6) is 0 Å². The second-order valence-corrected chi connectivity index (χ2v) is 8.01. The normalized spacial score (nSPS) is 28.1. The van der Waals surface area contributed by atoms with Gasteiger partial charge in [-0.25, -0.2) is 4.98 Å². The van der Waals surface area contributed by atoms with E-state index in [1.54, 1.807) is 22.7 Å². The second kappa shape index (κ2) is 5.44. The van der Waals surface area contributed by atoms with Crippen molar-refractivity contribution in [3.05, 3.63) is 27.9 Å². The van der Waals surface area contributed by atoms with E-state index in [9.17, 15) is 9.90 Å². The predicted octanol–water partition coefficient (Wildman–Crippen LogP) is 3.56. The number of aromatic nitrogens is 1. The van der Waals surface area contributed by atoms with E-state index >= 15 is 0 Å². The lowest BCUT2D eigenvalue weighted by Crippen LogP contribution is -2.35. The Labute approximate surface area is 137 Å². The van der Waals surface area contributed by atoms with Gasteiger partial charge in [-0.15, -0.1) is 11.3 Å². The van der Waals surface area contributed by atoms with Gasteiger partial charge in [-0.2, -0.15) is 11.3 Å². The molecule has 4 rings (SSSR count). The van der Waals surface area contributed by atoms with Gasteiger partial charge in [0, 0.05) is 36.0 Å². The van der Waals surface area contributed by atoms with Crippen molar-refractivity contribution >= 4 is 28.6 Å². The van der Waals surface area contributed by atoms with Crippen LogP contribution in [-0.4, -0.2) is 34.0 Å². The molecule has 1 aliphatic heterocycles.